The number of rotatable bonds is 6. The molecule has 0 amide bonds. The van der Waals surface area contributed by atoms with Crippen molar-refractivity contribution in [1.29, 1.82) is 0 Å². The Morgan fingerprint density at radius 1 is 1.00 bits per heavy atom. The number of anilines is 1. The van der Waals surface area contributed by atoms with Gasteiger partial charge in [0.2, 0.25) is 0 Å². The molecule has 2 aromatic rings. The summed E-state index contributed by atoms with van der Waals surface area (Å²) in [5, 5.41) is 0. The van der Waals surface area contributed by atoms with Gasteiger partial charge in [0.25, 0.3) is 0 Å². The first-order valence-electron chi connectivity index (χ1n) is 6.05. The van der Waals surface area contributed by atoms with Gasteiger partial charge in [-0.3, -0.25) is 0 Å². The summed E-state index contributed by atoms with van der Waals surface area (Å²) < 4.78 is 12.0. The first-order valence-corrected chi connectivity index (χ1v) is 6.84. The molecule has 0 saturated carbocycles. The second kappa shape index (κ2) is 7.16. The molecule has 0 heterocycles. The quantitative estimate of drug-likeness (QED) is 0.652. The fourth-order valence-corrected chi connectivity index (χ4v) is 1.85. The maximum atomic E-state index is 5.80. The molecule has 0 spiro atoms. The van der Waals surface area contributed by atoms with E-state index >= 15 is 0 Å². The Labute approximate surface area is 121 Å². The summed E-state index contributed by atoms with van der Waals surface area (Å²) >= 11 is 3.36. The highest BCUT2D eigenvalue weighted by atomic mass is 79.9. The Bertz CT molecular complexity index is 517. The highest BCUT2D eigenvalue weighted by molar-refractivity contribution is 9.10. The van der Waals surface area contributed by atoms with Gasteiger partial charge in [-0.15, -0.1) is 0 Å². The van der Waals surface area contributed by atoms with E-state index in [9.17, 15) is 0 Å². The molecule has 0 aliphatic rings. The molecule has 0 saturated heterocycles. The predicted octanol–water partition coefficient (Wildman–Crippen LogP) is 3.63. The number of nitrogen functional groups attached to an aromatic ring is 1. The summed E-state index contributed by atoms with van der Waals surface area (Å²) in [6.45, 7) is 1.62. The average Bonchev–Trinajstić information content (AvgIpc) is 2.43. The molecule has 0 aliphatic heterocycles. The van der Waals surface area contributed by atoms with E-state index in [-0.39, 0.29) is 0 Å². The van der Waals surface area contributed by atoms with Crippen LogP contribution in [0.1, 0.15) is 5.56 Å². The van der Waals surface area contributed by atoms with Gasteiger partial charge in [0.15, 0.2) is 0 Å². The van der Waals surface area contributed by atoms with E-state index < -0.39 is 0 Å². The van der Waals surface area contributed by atoms with Gasteiger partial charge >= 0.3 is 0 Å². The summed E-state index contributed by atoms with van der Waals surface area (Å²) in [5.74, 6) is 0.860. The monoisotopic (exact) mass is 321 g/mol. The van der Waals surface area contributed by atoms with E-state index in [1.807, 2.05) is 48.5 Å². The molecule has 0 aliphatic carbocycles. The van der Waals surface area contributed by atoms with Crippen molar-refractivity contribution in [3.8, 4) is 5.75 Å². The predicted molar refractivity (Wildman–Crippen MR) is 80.1 cm³/mol. The minimum Gasteiger partial charge on any atom is -0.491 e. The molecular weight excluding hydrogens is 306 g/mol. The molecule has 0 fully saturated rings. The molecule has 19 heavy (non-hydrogen) atoms. The Balaban J connectivity index is 1.68. The summed E-state index contributed by atoms with van der Waals surface area (Å²) in [6.07, 6.45) is 0. The second-order valence-electron chi connectivity index (χ2n) is 4.07. The molecule has 0 atom stereocenters. The normalized spacial score (nSPS) is 10.4. The number of halogens is 1. The van der Waals surface area contributed by atoms with Gasteiger partial charge in [0, 0.05) is 10.2 Å². The van der Waals surface area contributed by atoms with Crippen molar-refractivity contribution in [3.05, 3.63) is 58.6 Å². The third-order valence-electron chi connectivity index (χ3n) is 2.57. The first-order chi connectivity index (χ1) is 9.25. The summed E-state index contributed by atoms with van der Waals surface area (Å²) in [4.78, 5) is 0. The number of hydrogen-bond acceptors (Lipinski definition) is 3. The minimum absolute atomic E-state index is 0.537. The van der Waals surface area contributed by atoms with Gasteiger partial charge in [-0.25, -0.2) is 0 Å². The number of ether oxygens (including phenoxy) is 2. The minimum atomic E-state index is 0.537. The number of hydrogen-bond donors (Lipinski definition) is 1. The van der Waals surface area contributed by atoms with Crippen LogP contribution in [0, 0.1) is 0 Å². The molecule has 0 unspecified atom stereocenters. The molecule has 0 bridgehead atoms. The first kappa shape index (κ1) is 13.9. The zero-order chi connectivity index (χ0) is 13.5. The molecule has 2 aromatic carbocycles. The summed E-state index contributed by atoms with van der Waals surface area (Å²) in [6, 6.07) is 15.5. The number of nitrogens with two attached hydrogens (primary N) is 1. The Kier molecular flexibility index (Phi) is 5.24. The molecule has 0 aromatic heterocycles. The Hall–Kier alpha value is -1.52. The SMILES string of the molecule is Nc1cc(COCCOc2ccccc2)ccc1Br. The lowest BCUT2D eigenvalue weighted by Crippen LogP contribution is -2.06. The van der Waals surface area contributed by atoms with Gasteiger partial charge in [0.05, 0.1) is 13.2 Å². The van der Waals surface area contributed by atoms with Crippen LogP contribution in [-0.2, 0) is 11.3 Å². The smallest absolute Gasteiger partial charge is 0.119 e. The summed E-state index contributed by atoms with van der Waals surface area (Å²) in [5.41, 5.74) is 7.58. The third-order valence-corrected chi connectivity index (χ3v) is 3.29. The van der Waals surface area contributed by atoms with E-state index in [2.05, 4.69) is 15.9 Å². The van der Waals surface area contributed by atoms with E-state index in [1.165, 1.54) is 0 Å². The van der Waals surface area contributed by atoms with E-state index in [4.69, 9.17) is 15.2 Å². The molecule has 2 rings (SSSR count). The van der Waals surface area contributed by atoms with E-state index in [0.29, 0.717) is 19.8 Å². The maximum absolute atomic E-state index is 5.80. The van der Waals surface area contributed by atoms with Crippen molar-refractivity contribution in [1.82, 2.24) is 0 Å². The second-order valence-corrected chi connectivity index (χ2v) is 4.92. The van der Waals surface area contributed by atoms with Crippen LogP contribution in [0.5, 0.6) is 5.75 Å². The standard InChI is InChI=1S/C15H16BrNO2/c16-14-7-6-12(10-15(14)17)11-18-8-9-19-13-4-2-1-3-5-13/h1-7,10H,8-9,11,17H2. The molecule has 2 N–H and O–H groups in total. The highest BCUT2D eigenvalue weighted by Crippen LogP contribution is 2.20. The zero-order valence-corrected chi connectivity index (χ0v) is 12.1. The van der Waals surface area contributed by atoms with Gasteiger partial charge < -0.3 is 15.2 Å². The van der Waals surface area contributed by atoms with Crippen LogP contribution in [-0.4, -0.2) is 13.2 Å². The lowest BCUT2D eigenvalue weighted by molar-refractivity contribution is 0.0889. The Morgan fingerprint density at radius 3 is 2.53 bits per heavy atom. The van der Waals surface area contributed by atoms with E-state index in [1.54, 1.807) is 0 Å². The van der Waals surface area contributed by atoms with Crippen LogP contribution in [0.15, 0.2) is 53.0 Å². The van der Waals surface area contributed by atoms with Crippen LogP contribution in [0.2, 0.25) is 0 Å². The van der Waals surface area contributed by atoms with Crippen molar-refractivity contribution in [2.45, 2.75) is 6.61 Å². The molecule has 100 valence electrons. The average molecular weight is 322 g/mol. The van der Waals surface area contributed by atoms with Crippen molar-refractivity contribution >= 4 is 21.6 Å². The maximum Gasteiger partial charge on any atom is 0.119 e. The molecular formula is C15H16BrNO2. The van der Waals surface area contributed by atoms with Crippen molar-refractivity contribution in [2.75, 3.05) is 18.9 Å². The topological polar surface area (TPSA) is 44.5 Å². The van der Waals surface area contributed by atoms with Crippen LogP contribution in [0.4, 0.5) is 5.69 Å². The summed E-state index contributed by atoms with van der Waals surface area (Å²) in [7, 11) is 0. The van der Waals surface area contributed by atoms with Crippen LogP contribution in [0.25, 0.3) is 0 Å². The lowest BCUT2D eigenvalue weighted by Gasteiger charge is -2.08. The molecule has 3 nitrogen and oxygen atoms in total. The third kappa shape index (κ3) is 4.58. The van der Waals surface area contributed by atoms with Crippen molar-refractivity contribution < 1.29 is 9.47 Å². The van der Waals surface area contributed by atoms with E-state index in [0.717, 1.165) is 21.5 Å². The molecule has 0 radical (unpaired) electrons. The number of para-hydroxylation sites is 1. The zero-order valence-electron chi connectivity index (χ0n) is 10.5. The lowest BCUT2D eigenvalue weighted by atomic mass is 10.2. The van der Waals surface area contributed by atoms with Gasteiger partial charge in [-0.05, 0) is 45.8 Å². The van der Waals surface area contributed by atoms with Crippen LogP contribution in [0.3, 0.4) is 0 Å². The molecule has 4 heteroatoms. The van der Waals surface area contributed by atoms with Crippen molar-refractivity contribution in [2.24, 2.45) is 0 Å². The fourth-order valence-electron chi connectivity index (χ4n) is 1.61. The fraction of sp³-hybridized carbons (Fsp3) is 0.200. The van der Waals surface area contributed by atoms with Gasteiger partial charge in [-0.1, -0.05) is 24.3 Å². The van der Waals surface area contributed by atoms with Crippen LogP contribution >= 0.6 is 15.9 Å². The largest absolute Gasteiger partial charge is 0.491 e. The number of benzene rings is 2. The van der Waals surface area contributed by atoms with Gasteiger partial charge in [-0.2, -0.15) is 0 Å². The Morgan fingerprint density at radius 2 is 1.79 bits per heavy atom. The highest BCUT2D eigenvalue weighted by Gasteiger charge is 1.98. The van der Waals surface area contributed by atoms with Gasteiger partial charge in [0.1, 0.15) is 12.4 Å². The van der Waals surface area contributed by atoms with Crippen LogP contribution < -0.4 is 10.5 Å². The van der Waals surface area contributed by atoms with Crippen molar-refractivity contribution in [3.63, 3.8) is 0 Å².